The monoisotopic (exact) mass is 1770 g/mol. The third-order valence-electron chi connectivity index (χ3n) is 19.7. The summed E-state index contributed by atoms with van der Waals surface area (Å²) >= 11 is 33.1. The smallest absolute Gasteiger partial charge is 0.344 e. The van der Waals surface area contributed by atoms with E-state index in [1.807, 2.05) is 0 Å². The van der Waals surface area contributed by atoms with Crippen molar-refractivity contribution in [2.75, 3.05) is 35.3 Å². The molecule has 8 aliphatic heterocycles. The van der Waals surface area contributed by atoms with E-state index in [0.717, 1.165) is 44.5 Å². The molecular weight excluding hydrogens is 1690 g/mol. The molecular formula is C86H86Cl6F8O18. The molecule has 0 amide bonds. The molecule has 0 radical (unpaired) electrons. The number of halogens is 14. The first-order chi connectivity index (χ1) is 56.5. The summed E-state index contributed by atoms with van der Waals surface area (Å²) < 4.78 is 146. The molecule has 8 heterocycles. The van der Waals surface area contributed by atoms with E-state index in [1.54, 1.807) is 36.4 Å². The Morgan fingerprint density at radius 1 is 0.271 bits per heavy atom. The fourth-order valence-corrected chi connectivity index (χ4v) is 14.5. The van der Waals surface area contributed by atoms with Gasteiger partial charge in [-0.15, -0.1) is 69.6 Å². The number of carboxylic acid groups (broad SMARTS) is 2. The Morgan fingerprint density at radius 2 is 0.432 bits per heavy atom. The van der Waals surface area contributed by atoms with Gasteiger partial charge in [-0.2, -0.15) is 0 Å². The number of fused-ring (bicyclic) bond motifs is 8. The predicted octanol–water partition coefficient (Wildman–Crippen LogP) is 16.3. The number of ketones is 2. The van der Waals surface area contributed by atoms with Gasteiger partial charge in [-0.25, -0.2) is 44.7 Å². The molecule has 6 N–H and O–H groups in total. The molecule has 118 heavy (non-hydrogen) atoms. The van der Waals surface area contributed by atoms with Gasteiger partial charge in [0.2, 0.25) is 0 Å². The molecule has 0 aliphatic carbocycles. The summed E-state index contributed by atoms with van der Waals surface area (Å²) in [7, 11) is 0. The van der Waals surface area contributed by atoms with Gasteiger partial charge < -0.3 is 68.5 Å². The van der Waals surface area contributed by atoms with Gasteiger partial charge in [0.1, 0.15) is 141 Å². The van der Waals surface area contributed by atoms with Crippen molar-refractivity contribution >= 4 is 93.1 Å². The van der Waals surface area contributed by atoms with E-state index in [-0.39, 0.29) is 118 Å². The maximum absolute atomic E-state index is 12.9. The van der Waals surface area contributed by atoms with Crippen molar-refractivity contribution < 1.29 is 123 Å². The second kappa shape index (κ2) is 45.7. The molecule has 0 fully saturated rings. The van der Waals surface area contributed by atoms with Crippen molar-refractivity contribution in [1.29, 1.82) is 0 Å². The van der Waals surface area contributed by atoms with E-state index in [2.05, 4.69) is 0 Å². The van der Waals surface area contributed by atoms with Gasteiger partial charge in [-0.3, -0.25) is 9.59 Å². The van der Waals surface area contributed by atoms with Crippen molar-refractivity contribution in [3.8, 4) is 46.0 Å². The second-order valence-corrected chi connectivity index (χ2v) is 29.9. The average Bonchev–Trinajstić information content (AvgIpc) is 0.861. The second-order valence-electron chi connectivity index (χ2n) is 28.1. The number of Topliss-reactive ketones (excluding diaryl/α,β-unsaturated/α-hetero) is 2. The summed E-state index contributed by atoms with van der Waals surface area (Å²) in [4.78, 5) is 43.9. The van der Waals surface area contributed by atoms with Gasteiger partial charge >= 0.3 is 11.9 Å². The van der Waals surface area contributed by atoms with Crippen LogP contribution in [0.3, 0.4) is 0 Å². The minimum atomic E-state index is -0.972. The summed E-state index contributed by atoms with van der Waals surface area (Å²) in [5, 5.41) is 55.6. The number of rotatable bonds is 14. The summed E-state index contributed by atoms with van der Waals surface area (Å²) in [6, 6.07) is 34.6. The molecule has 636 valence electrons. The van der Waals surface area contributed by atoms with Crippen molar-refractivity contribution in [3.63, 3.8) is 0 Å². The number of aliphatic hydroxyl groups excluding tert-OH is 4. The molecule has 32 heteroatoms. The molecule has 8 aromatic rings. The minimum Gasteiger partial charge on any atom is -0.487 e. The predicted molar refractivity (Wildman–Crippen MR) is 427 cm³/mol. The van der Waals surface area contributed by atoms with Crippen LogP contribution < -0.4 is 37.9 Å². The number of aliphatic carboxylic acids is 2. The Balaban J connectivity index is 0.000000154. The lowest BCUT2D eigenvalue weighted by Gasteiger charge is -2.28. The Kier molecular flexibility index (Phi) is 36.2. The number of alkyl halides is 6. The van der Waals surface area contributed by atoms with Crippen molar-refractivity contribution in [1.82, 2.24) is 0 Å². The molecule has 0 bridgehead atoms. The van der Waals surface area contributed by atoms with Gasteiger partial charge in [0, 0.05) is 0 Å². The molecule has 0 saturated carbocycles. The van der Waals surface area contributed by atoms with Crippen LogP contribution in [0.25, 0.3) is 0 Å². The molecule has 0 saturated heterocycles. The summed E-state index contributed by atoms with van der Waals surface area (Å²) in [6.07, 6.45) is 3.57. The van der Waals surface area contributed by atoms with Crippen LogP contribution in [0.5, 0.6) is 46.0 Å². The minimum absolute atomic E-state index is 0.0405. The topological polar surface area (TPSA) is 263 Å². The van der Waals surface area contributed by atoms with Crippen LogP contribution >= 0.6 is 69.6 Å². The highest BCUT2D eigenvalue weighted by molar-refractivity contribution is 6.28. The largest absolute Gasteiger partial charge is 0.487 e. The lowest BCUT2D eigenvalue weighted by atomic mass is 9.99. The van der Waals surface area contributed by atoms with Crippen LogP contribution in [-0.4, -0.2) is 163 Å². The normalized spacial score (nSPS) is 20.6. The van der Waals surface area contributed by atoms with Gasteiger partial charge in [0.15, 0.2) is 36.0 Å². The van der Waals surface area contributed by atoms with E-state index in [1.165, 1.54) is 109 Å². The van der Waals surface area contributed by atoms with Crippen molar-refractivity contribution in [2.24, 2.45) is 0 Å². The third kappa shape index (κ3) is 27.2. The van der Waals surface area contributed by atoms with Crippen LogP contribution in [-0.2, 0) is 70.5 Å². The number of hydrogen-bond donors (Lipinski definition) is 6. The van der Waals surface area contributed by atoms with Crippen LogP contribution in [0.4, 0.5) is 35.1 Å². The summed E-state index contributed by atoms with van der Waals surface area (Å²) in [5.41, 5.74) is 6.52. The number of aryl methyl sites for hydroxylation is 8. The molecule has 0 unspecified atom stereocenters. The van der Waals surface area contributed by atoms with Gasteiger partial charge in [0.05, 0.1) is 35.3 Å². The third-order valence-corrected chi connectivity index (χ3v) is 21.5. The fraction of sp³-hybridized carbons (Fsp3) is 0.395. The zero-order chi connectivity index (χ0) is 85.3. The standard InChI is InChI=1S/4C11H12ClFO2.2C11H10ClFO2.2C10H9FO3/c6*12-6-9(14)11-3-1-7-5-8(13)2-4-10(7)15-11;2*11-7-2-4-8-6(5-7)1-3-9(14-8)10(12)13/h4*2,4-5,9,11,14H,1,3,6H2;2*2,4-5,11H,1,3,6H2;2*2,4-5,9H,1,3H2,(H,12,13)/t2*9-,11+;2*9-,11-;2*11-;2*9-/m10101010/s1. The van der Waals surface area contributed by atoms with Crippen LogP contribution in [0.1, 0.15) is 95.9 Å². The zero-order valence-electron chi connectivity index (χ0n) is 63.2. The first kappa shape index (κ1) is 93.3. The van der Waals surface area contributed by atoms with E-state index in [4.69, 9.17) is 118 Å². The van der Waals surface area contributed by atoms with E-state index in [9.17, 15) is 74.7 Å². The molecule has 18 nitrogen and oxygen atoms in total. The van der Waals surface area contributed by atoms with Crippen LogP contribution in [0.15, 0.2) is 146 Å². The lowest BCUT2D eigenvalue weighted by molar-refractivity contribution is -0.146. The number of carbonyl (C=O) groups excluding carboxylic acids is 2. The Labute approximate surface area is 705 Å². The highest BCUT2D eigenvalue weighted by Crippen LogP contribution is 2.37. The van der Waals surface area contributed by atoms with Crippen molar-refractivity contribution in [2.45, 2.75) is 176 Å². The molecule has 8 aliphatic rings. The molecule has 16 rings (SSSR count). The number of carbonyl (C=O) groups is 4. The van der Waals surface area contributed by atoms with Gasteiger partial charge in [-0.05, 0) is 293 Å². The number of hydrogen-bond acceptors (Lipinski definition) is 16. The quantitative estimate of drug-likeness (QED) is 0.0436. The average molecular weight is 1770 g/mol. The number of benzene rings is 8. The van der Waals surface area contributed by atoms with Gasteiger partial charge in [0.25, 0.3) is 0 Å². The fourth-order valence-electron chi connectivity index (χ4n) is 13.4. The molecule has 0 spiro atoms. The van der Waals surface area contributed by atoms with Crippen LogP contribution in [0, 0.1) is 46.5 Å². The zero-order valence-corrected chi connectivity index (χ0v) is 67.8. The maximum Gasteiger partial charge on any atom is 0.344 e. The Morgan fingerprint density at radius 3 is 0.602 bits per heavy atom. The van der Waals surface area contributed by atoms with Crippen molar-refractivity contribution in [3.05, 3.63) is 237 Å². The molecule has 0 aromatic heterocycles. The molecule has 8 aromatic carbocycles. The first-order valence-electron chi connectivity index (χ1n) is 37.8. The number of aliphatic hydroxyl groups is 4. The number of ether oxygens (including phenoxy) is 8. The highest BCUT2D eigenvalue weighted by atomic mass is 35.5. The maximum atomic E-state index is 12.9. The van der Waals surface area contributed by atoms with Crippen LogP contribution in [0.2, 0.25) is 0 Å². The van der Waals surface area contributed by atoms with E-state index >= 15 is 0 Å². The van der Waals surface area contributed by atoms with E-state index < -0.39 is 60.8 Å². The summed E-state index contributed by atoms with van der Waals surface area (Å²) in [6.45, 7) is 0. The summed E-state index contributed by atoms with van der Waals surface area (Å²) in [5.74, 6) is 0.867. The highest BCUT2D eigenvalue weighted by Gasteiger charge is 2.33. The SMILES string of the molecule is O=C(CCl)[C@@H]1CCc2cc(F)ccc2O1.O=C(CCl)[C@H]1CCc2cc(F)ccc2O1.O=C(O)[C@@H]1CCc2cc(F)ccc2O1.O=C(O)[C@H]1CCc2cc(F)ccc2O1.O[C@@H](CCl)[C@@H]1CCc2cc(F)ccc2O1.O[C@@H](CCl)[C@H]1CCc2cc(F)ccc2O1.O[C@H](CCl)[C@@H]1CCc2cc(F)ccc2O1.O[C@H](CCl)[C@H]1CCc2cc(F)ccc2O1. The number of carboxylic acids is 2. The van der Waals surface area contributed by atoms with E-state index in [0.29, 0.717) is 149 Å². The first-order valence-corrected chi connectivity index (χ1v) is 41.0. The molecule has 12 atom stereocenters. The Hall–Kier alpha value is -8.54. The Bertz CT molecular complexity index is 4260. The lowest BCUT2D eigenvalue weighted by Crippen LogP contribution is -2.36. The van der Waals surface area contributed by atoms with Gasteiger partial charge in [-0.1, -0.05) is 0 Å².